The highest BCUT2D eigenvalue weighted by atomic mass is 32.2. The van der Waals surface area contributed by atoms with E-state index in [4.69, 9.17) is 10.8 Å². The second-order valence-corrected chi connectivity index (χ2v) is 5.62. The van der Waals surface area contributed by atoms with Crippen molar-refractivity contribution in [3.05, 3.63) is 11.4 Å². The lowest BCUT2D eigenvalue weighted by molar-refractivity contribution is 0.284. The van der Waals surface area contributed by atoms with Gasteiger partial charge in [-0.3, -0.25) is 0 Å². The normalized spacial score (nSPS) is 11.1. The van der Waals surface area contributed by atoms with Gasteiger partial charge in [0.15, 0.2) is 5.16 Å². The van der Waals surface area contributed by atoms with Crippen LogP contribution in [0.15, 0.2) is 16.6 Å². The second-order valence-electron chi connectivity index (χ2n) is 3.66. The predicted molar refractivity (Wildman–Crippen MR) is 73.5 cm³/mol. The van der Waals surface area contributed by atoms with E-state index >= 15 is 0 Å². The molecule has 0 fully saturated rings. The molecule has 0 radical (unpaired) electrons. The molecule has 0 amide bonds. The summed E-state index contributed by atoms with van der Waals surface area (Å²) in [6.07, 6.45) is 2.98. The summed E-state index contributed by atoms with van der Waals surface area (Å²) in [6.45, 7) is 0.273. The molecule has 0 atom stereocenters. The standard InChI is InChI=1S/C11H15N3OS2/c12-9-8-4-7-16-10(8)14-11(13-9)17-6-3-1-2-5-15/h4,7,15H,1-3,5-6H2,(H2,12,13,14). The van der Waals surface area contributed by atoms with Crippen LogP contribution in [0.2, 0.25) is 0 Å². The molecule has 0 spiro atoms. The third-order valence-corrected chi connectivity index (χ3v) is 4.11. The van der Waals surface area contributed by atoms with Crippen LogP contribution in [0.4, 0.5) is 5.82 Å². The van der Waals surface area contributed by atoms with Gasteiger partial charge in [0.25, 0.3) is 0 Å². The van der Waals surface area contributed by atoms with E-state index in [0.717, 1.165) is 40.4 Å². The molecule has 0 saturated carbocycles. The Bertz CT molecular complexity index is 487. The maximum atomic E-state index is 8.67. The molecule has 3 N–H and O–H groups in total. The zero-order valence-corrected chi connectivity index (χ0v) is 11.1. The molecule has 2 aromatic heterocycles. The van der Waals surface area contributed by atoms with Crippen LogP contribution in [-0.4, -0.2) is 27.4 Å². The fourth-order valence-corrected chi connectivity index (χ4v) is 3.16. The average molecular weight is 269 g/mol. The van der Waals surface area contributed by atoms with Crippen molar-refractivity contribution in [2.75, 3.05) is 18.1 Å². The summed E-state index contributed by atoms with van der Waals surface area (Å²) in [5.74, 6) is 1.53. The maximum absolute atomic E-state index is 8.67. The van der Waals surface area contributed by atoms with E-state index in [0.29, 0.717) is 5.82 Å². The van der Waals surface area contributed by atoms with Gasteiger partial charge in [0.05, 0.1) is 5.39 Å². The molecule has 0 aromatic carbocycles. The van der Waals surface area contributed by atoms with E-state index in [1.54, 1.807) is 23.1 Å². The number of rotatable bonds is 6. The van der Waals surface area contributed by atoms with Crippen molar-refractivity contribution in [1.29, 1.82) is 0 Å². The Morgan fingerprint density at radius 2 is 2.18 bits per heavy atom. The van der Waals surface area contributed by atoms with Gasteiger partial charge < -0.3 is 10.8 Å². The van der Waals surface area contributed by atoms with Crippen LogP contribution in [0.25, 0.3) is 10.2 Å². The van der Waals surface area contributed by atoms with Gasteiger partial charge in [0.2, 0.25) is 0 Å². The van der Waals surface area contributed by atoms with Crippen LogP contribution >= 0.6 is 23.1 Å². The van der Waals surface area contributed by atoms with Crippen LogP contribution in [-0.2, 0) is 0 Å². The zero-order chi connectivity index (χ0) is 12.1. The average Bonchev–Trinajstić information content (AvgIpc) is 2.77. The maximum Gasteiger partial charge on any atom is 0.190 e. The van der Waals surface area contributed by atoms with E-state index in [1.165, 1.54) is 0 Å². The number of nitrogens with zero attached hydrogens (tertiary/aromatic N) is 2. The Morgan fingerprint density at radius 3 is 3.00 bits per heavy atom. The number of thioether (sulfide) groups is 1. The fraction of sp³-hybridized carbons (Fsp3) is 0.455. The van der Waals surface area contributed by atoms with Crippen molar-refractivity contribution in [1.82, 2.24) is 9.97 Å². The number of anilines is 1. The third-order valence-electron chi connectivity index (χ3n) is 2.37. The molecule has 2 aromatic rings. The summed E-state index contributed by atoms with van der Waals surface area (Å²) in [4.78, 5) is 9.69. The van der Waals surface area contributed by atoms with Gasteiger partial charge in [0, 0.05) is 12.4 Å². The number of hydrogen-bond acceptors (Lipinski definition) is 6. The van der Waals surface area contributed by atoms with Crippen LogP contribution in [0.3, 0.4) is 0 Å². The minimum absolute atomic E-state index is 0.273. The Kier molecular flexibility index (Phi) is 4.58. The van der Waals surface area contributed by atoms with Gasteiger partial charge in [-0.25, -0.2) is 9.97 Å². The van der Waals surface area contributed by atoms with E-state index in [1.807, 2.05) is 11.4 Å². The zero-order valence-electron chi connectivity index (χ0n) is 9.43. The highest BCUT2D eigenvalue weighted by Gasteiger charge is 2.06. The minimum Gasteiger partial charge on any atom is -0.396 e. The summed E-state index contributed by atoms with van der Waals surface area (Å²) in [7, 11) is 0. The largest absolute Gasteiger partial charge is 0.396 e. The Balaban J connectivity index is 1.94. The van der Waals surface area contributed by atoms with Crippen molar-refractivity contribution in [2.45, 2.75) is 24.4 Å². The number of aromatic nitrogens is 2. The smallest absolute Gasteiger partial charge is 0.190 e. The lowest BCUT2D eigenvalue weighted by Crippen LogP contribution is -1.95. The van der Waals surface area contributed by atoms with E-state index in [-0.39, 0.29) is 6.61 Å². The first-order chi connectivity index (χ1) is 8.31. The monoisotopic (exact) mass is 269 g/mol. The number of unbranched alkanes of at least 4 members (excludes halogenated alkanes) is 2. The van der Waals surface area contributed by atoms with Crippen LogP contribution < -0.4 is 5.73 Å². The summed E-state index contributed by atoms with van der Waals surface area (Å²) in [5.41, 5.74) is 5.86. The Labute approximate surface area is 108 Å². The third kappa shape index (κ3) is 3.31. The summed E-state index contributed by atoms with van der Waals surface area (Å²) in [6, 6.07) is 1.95. The highest BCUT2D eigenvalue weighted by Crippen LogP contribution is 2.26. The lowest BCUT2D eigenvalue weighted by atomic mass is 10.3. The van der Waals surface area contributed by atoms with Gasteiger partial charge in [-0.15, -0.1) is 11.3 Å². The fourth-order valence-electron chi connectivity index (χ4n) is 1.48. The molecule has 0 aliphatic rings. The topological polar surface area (TPSA) is 72.0 Å². The van der Waals surface area contributed by atoms with Crippen molar-refractivity contribution < 1.29 is 5.11 Å². The van der Waals surface area contributed by atoms with Gasteiger partial charge in [-0.1, -0.05) is 18.2 Å². The molecular weight excluding hydrogens is 254 g/mol. The first-order valence-corrected chi connectivity index (χ1v) is 7.42. The number of hydrogen-bond donors (Lipinski definition) is 2. The van der Waals surface area contributed by atoms with Crippen LogP contribution in [0, 0.1) is 0 Å². The van der Waals surface area contributed by atoms with Gasteiger partial charge >= 0.3 is 0 Å². The first kappa shape index (κ1) is 12.6. The molecule has 0 unspecified atom stereocenters. The van der Waals surface area contributed by atoms with Gasteiger partial charge in [-0.05, 0) is 24.3 Å². The highest BCUT2D eigenvalue weighted by molar-refractivity contribution is 7.99. The number of aliphatic hydroxyl groups excluding tert-OH is 1. The Morgan fingerprint density at radius 1 is 1.29 bits per heavy atom. The number of aliphatic hydroxyl groups is 1. The lowest BCUT2D eigenvalue weighted by Gasteiger charge is -2.02. The first-order valence-electron chi connectivity index (χ1n) is 5.55. The summed E-state index contributed by atoms with van der Waals surface area (Å²) < 4.78 is 0. The van der Waals surface area contributed by atoms with E-state index in [9.17, 15) is 0 Å². The van der Waals surface area contributed by atoms with Gasteiger partial charge in [-0.2, -0.15) is 0 Å². The molecule has 4 nitrogen and oxygen atoms in total. The van der Waals surface area contributed by atoms with E-state index in [2.05, 4.69) is 9.97 Å². The van der Waals surface area contributed by atoms with Crippen molar-refractivity contribution in [3.63, 3.8) is 0 Å². The molecule has 17 heavy (non-hydrogen) atoms. The molecule has 0 aliphatic carbocycles. The molecule has 2 rings (SSSR count). The quantitative estimate of drug-likeness (QED) is 0.479. The molecule has 6 heteroatoms. The number of fused-ring (bicyclic) bond motifs is 1. The summed E-state index contributed by atoms with van der Waals surface area (Å²) >= 11 is 3.21. The van der Waals surface area contributed by atoms with Gasteiger partial charge in [0.1, 0.15) is 10.6 Å². The second kappa shape index (κ2) is 6.18. The summed E-state index contributed by atoms with van der Waals surface area (Å²) in [5, 5.41) is 12.3. The molecule has 0 aliphatic heterocycles. The van der Waals surface area contributed by atoms with Crippen LogP contribution in [0.5, 0.6) is 0 Å². The number of nitrogens with two attached hydrogens (primary N) is 1. The number of nitrogen functional groups attached to an aromatic ring is 1. The SMILES string of the molecule is Nc1nc(SCCCCCO)nc2sccc12. The van der Waals surface area contributed by atoms with Crippen molar-refractivity contribution >= 4 is 39.1 Å². The van der Waals surface area contributed by atoms with Crippen molar-refractivity contribution in [2.24, 2.45) is 0 Å². The molecule has 0 saturated heterocycles. The Hall–Kier alpha value is -0.850. The molecule has 2 heterocycles. The molecular formula is C11H15N3OS2. The number of thiophene rings is 1. The minimum atomic E-state index is 0.273. The van der Waals surface area contributed by atoms with Crippen LogP contribution in [0.1, 0.15) is 19.3 Å². The van der Waals surface area contributed by atoms with E-state index < -0.39 is 0 Å². The molecule has 0 bridgehead atoms. The van der Waals surface area contributed by atoms with Crippen molar-refractivity contribution in [3.8, 4) is 0 Å². The predicted octanol–water partition coefficient (Wildman–Crippen LogP) is 2.53. The molecule has 92 valence electrons.